The van der Waals surface area contributed by atoms with Gasteiger partial charge < -0.3 is 11.5 Å². The third-order valence-electron chi connectivity index (χ3n) is 3.63. The van der Waals surface area contributed by atoms with Crippen molar-refractivity contribution in [3.05, 3.63) is 21.3 Å². The summed E-state index contributed by atoms with van der Waals surface area (Å²) in [4.78, 5) is 14.8. The summed E-state index contributed by atoms with van der Waals surface area (Å²) in [5.41, 5.74) is 11.6. The third kappa shape index (κ3) is 3.48. The van der Waals surface area contributed by atoms with Crippen molar-refractivity contribution in [2.75, 3.05) is 13.1 Å². The van der Waals surface area contributed by atoms with Crippen molar-refractivity contribution in [1.29, 1.82) is 0 Å². The number of nitrogens with two attached hydrogens (primary N) is 2. The van der Waals surface area contributed by atoms with E-state index in [2.05, 4.69) is 4.90 Å². The minimum Gasteiger partial charge on any atom is -0.369 e. The predicted molar refractivity (Wildman–Crippen MR) is 79.2 cm³/mol. The largest absolute Gasteiger partial charge is 0.369 e. The van der Waals surface area contributed by atoms with E-state index < -0.39 is 0 Å². The van der Waals surface area contributed by atoms with Gasteiger partial charge in [-0.25, -0.2) is 0 Å². The lowest BCUT2D eigenvalue weighted by atomic mass is 9.94. The van der Waals surface area contributed by atoms with E-state index in [-0.39, 0.29) is 23.9 Å². The molecule has 0 aliphatic carbocycles. The summed E-state index contributed by atoms with van der Waals surface area (Å²) in [5.74, 6) is -0.275. The number of hydrogen-bond acceptors (Lipinski definition) is 4. The van der Waals surface area contributed by atoms with Crippen LogP contribution < -0.4 is 11.5 Å². The molecule has 1 aliphatic heterocycles. The molecule has 3 atom stereocenters. The first-order valence-electron chi connectivity index (χ1n) is 6.53. The molecule has 19 heavy (non-hydrogen) atoms. The van der Waals surface area contributed by atoms with Gasteiger partial charge in [-0.1, -0.05) is 11.6 Å². The van der Waals surface area contributed by atoms with E-state index in [4.69, 9.17) is 23.1 Å². The minimum absolute atomic E-state index is 0.0126. The van der Waals surface area contributed by atoms with E-state index in [0.29, 0.717) is 6.54 Å². The van der Waals surface area contributed by atoms with Crippen molar-refractivity contribution in [2.24, 2.45) is 17.4 Å². The molecule has 1 aromatic rings. The number of nitrogens with zero attached hydrogens (tertiary/aromatic N) is 1. The number of carbonyl (C=O) groups is 1. The van der Waals surface area contributed by atoms with Gasteiger partial charge in [0.05, 0.1) is 16.3 Å². The average molecular weight is 302 g/mol. The number of thiophene rings is 1. The zero-order chi connectivity index (χ0) is 14.0. The molecule has 0 radical (unpaired) electrons. The Bertz CT molecular complexity index is 449. The predicted octanol–water partition coefficient (Wildman–Crippen LogP) is 1.99. The lowest BCUT2D eigenvalue weighted by Crippen LogP contribution is -2.47. The molecule has 1 fully saturated rings. The van der Waals surface area contributed by atoms with Crippen molar-refractivity contribution in [2.45, 2.75) is 31.8 Å². The number of carbonyl (C=O) groups excluding carboxylic acids is 1. The molecule has 0 saturated carbocycles. The monoisotopic (exact) mass is 301 g/mol. The van der Waals surface area contributed by atoms with Crippen molar-refractivity contribution in [3.8, 4) is 0 Å². The molecule has 4 N–H and O–H groups in total. The van der Waals surface area contributed by atoms with Crippen LogP contribution in [0.3, 0.4) is 0 Å². The Balaban J connectivity index is 2.17. The number of amides is 1. The Morgan fingerprint density at radius 1 is 1.58 bits per heavy atom. The van der Waals surface area contributed by atoms with Gasteiger partial charge in [0.15, 0.2) is 0 Å². The second-order valence-electron chi connectivity index (χ2n) is 5.18. The Labute approximate surface area is 122 Å². The molecule has 4 nitrogen and oxygen atoms in total. The van der Waals surface area contributed by atoms with Crippen LogP contribution in [0.1, 0.15) is 30.7 Å². The van der Waals surface area contributed by atoms with E-state index in [9.17, 15) is 4.79 Å². The lowest BCUT2D eigenvalue weighted by Gasteiger charge is -2.38. The molecule has 0 spiro atoms. The van der Waals surface area contributed by atoms with E-state index >= 15 is 0 Å². The second-order valence-corrected chi connectivity index (χ2v) is 6.93. The quantitative estimate of drug-likeness (QED) is 0.893. The maximum atomic E-state index is 11.4. The number of rotatable bonds is 4. The fourth-order valence-electron chi connectivity index (χ4n) is 2.75. The van der Waals surface area contributed by atoms with Crippen LogP contribution in [0.4, 0.5) is 0 Å². The fourth-order valence-corrected chi connectivity index (χ4v) is 4.06. The van der Waals surface area contributed by atoms with Crippen LogP contribution in [0.5, 0.6) is 0 Å². The van der Waals surface area contributed by atoms with E-state index in [1.165, 1.54) is 0 Å². The van der Waals surface area contributed by atoms with Gasteiger partial charge in [0, 0.05) is 17.5 Å². The van der Waals surface area contributed by atoms with Gasteiger partial charge in [-0.05, 0) is 38.4 Å². The molecule has 1 aromatic heterocycles. The van der Waals surface area contributed by atoms with Gasteiger partial charge in [0.2, 0.25) is 5.91 Å². The first kappa shape index (κ1) is 14.8. The van der Waals surface area contributed by atoms with E-state index in [1.807, 2.05) is 19.1 Å². The Morgan fingerprint density at radius 3 is 2.84 bits per heavy atom. The molecular weight excluding hydrogens is 282 g/mol. The van der Waals surface area contributed by atoms with Gasteiger partial charge in [-0.15, -0.1) is 11.3 Å². The van der Waals surface area contributed by atoms with Crippen LogP contribution in [0.15, 0.2) is 12.1 Å². The van der Waals surface area contributed by atoms with E-state index in [1.54, 1.807) is 11.3 Å². The van der Waals surface area contributed by atoms with Crippen molar-refractivity contribution in [1.82, 2.24) is 4.90 Å². The van der Waals surface area contributed by atoms with Gasteiger partial charge >= 0.3 is 0 Å². The molecule has 1 saturated heterocycles. The highest BCUT2D eigenvalue weighted by Gasteiger charge is 2.31. The van der Waals surface area contributed by atoms with Crippen molar-refractivity contribution < 1.29 is 4.79 Å². The zero-order valence-corrected chi connectivity index (χ0v) is 12.6. The van der Waals surface area contributed by atoms with Gasteiger partial charge in [-0.3, -0.25) is 9.69 Å². The first-order valence-corrected chi connectivity index (χ1v) is 7.72. The van der Waals surface area contributed by atoms with Crippen LogP contribution in [0.2, 0.25) is 4.34 Å². The lowest BCUT2D eigenvalue weighted by molar-refractivity contribution is -0.123. The number of primary amides is 1. The molecule has 1 aliphatic rings. The summed E-state index contributed by atoms with van der Waals surface area (Å²) in [5, 5.41) is 0. The standard InChI is InChI=1S/C13H20ClN3OS/c1-8(15)12(10-4-5-11(14)19-10)17-6-2-3-9(7-17)13(16)18/h4-5,8-9,12H,2-3,6-7,15H2,1H3,(H2,16,18). The van der Waals surface area contributed by atoms with Crippen molar-refractivity contribution >= 4 is 28.8 Å². The fraction of sp³-hybridized carbons (Fsp3) is 0.615. The number of hydrogen-bond donors (Lipinski definition) is 2. The van der Waals surface area contributed by atoms with Crippen LogP contribution in [-0.4, -0.2) is 29.9 Å². The Hall–Kier alpha value is -0.620. The molecule has 1 amide bonds. The molecule has 6 heteroatoms. The molecule has 0 aromatic carbocycles. The highest BCUT2D eigenvalue weighted by molar-refractivity contribution is 7.16. The summed E-state index contributed by atoms with van der Waals surface area (Å²) in [6, 6.07) is 4.02. The first-order chi connectivity index (χ1) is 8.99. The van der Waals surface area contributed by atoms with Crippen LogP contribution in [-0.2, 0) is 4.79 Å². The molecular formula is C13H20ClN3OS. The maximum absolute atomic E-state index is 11.4. The summed E-state index contributed by atoms with van der Waals surface area (Å²) < 4.78 is 0.768. The second kappa shape index (κ2) is 6.22. The van der Waals surface area contributed by atoms with Crippen LogP contribution >= 0.6 is 22.9 Å². The smallest absolute Gasteiger partial charge is 0.221 e. The highest BCUT2D eigenvalue weighted by Crippen LogP contribution is 2.34. The SMILES string of the molecule is CC(N)C(c1ccc(Cl)s1)N1CCCC(C(N)=O)C1. The normalized spacial score (nSPS) is 24.1. The number of halogens is 1. The summed E-state index contributed by atoms with van der Waals surface area (Å²) in [6.45, 7) is 3.63. The topological polar surface area (TPSA) is 72.3 Å². The van der Waals surface area contributed by atoms with E-state index in [0.717, 1.165) is 28.6 Å². The zero-order valence-electron chi connectivity index (χ0n) is 11.0. The summed E-state index contributed by atoms with van der Waals surface area (Å²) >= 11 is 7.57. The van der Waals surface area contributed by atoms with Crippen LogP contribution in [0.25, 0.3) is 0 Å². The summed E-state index contributed by atoms with van der Waals surface area (Å²) in [7, 11) is 0. The molecule has 0 bridgehead atoms. The third-order valence-corrected chi connectivity index (χ3v) is 4.93. The Morgan fingerprint density at radius 2 is 2.32 bits per heavy atom. The van der Waals surface area contributed by atoms with Gasteiger partial charge in [0.1, 0.15) is 0 Å². The average Bonchev–Trinajstić information content (AvgIpc) is 2.75. The summed E-state index contributed by atoms with van der Waals surface area (Å²) in [6.07, 6.45) is 1.86. The van der Waals surface area contributed by atoms with Gasteiger partial charge in [0.25, 0.3) is 0 Å². The molecule has 2 heterocycles. The van der Waals surface area contributed by atoms with Gasteiger partial charge in [-0.2, -0.15) is 0 Å². The molecule has 3 unspecified atom stereocenters. The molecule has 106 valence electrons. The number of piperidine rings is 1. The minimum atomic E-state index is -0.211. The number of likely N-dealkylation sites (tertiary alicyclic amines) is 1. The Kier molecular flexibility index (Phi) is 4.84. The molecule has 2 rings (SSSR count). The van der Waals surface area contributed by atoms with Crippen molar-refractivity contribution in [3.63, 3.8) is 0 Å². The van der Waals surface area contributed by atoms with Crippen LogP contribution in [0, 0.1) is 5.92 Å². The maximum Gasteiger partial charge on any atom is 0.221 e. The highest BCUT2D eigenvalue weighted by atomic mass is 35.5.